The smallest absolute Gasteiger partial charge is 0.355 e. The van der Waals surface area contributed by atoms with Crippen LogP contribution in [0.15, 0.2) is 18.5 Å². The van der Waals surface area contributed by atoms with Gasteiger partial charge >= 0.3 is 5.97 Å². The number of fused-ring (bicyclic) bond motifs is 1. The minimum absolute atomic E-state index is 0.0239. The SMILES string of the molecule is C[Si](C)(C)CCOCn1ncc2c(C(=O)O)nccc21. The molecule has 0 fully saturated rings. The van der Waals surface area contributed by atoms with Crippen LogP contribution in [0.1, 0.15) is 10.5 Å². The summed E-state index contributed by atoms with van der Waals surface area (Å²) < 4.78 is 7.29. The molecule has 0 atom stereocenters. The molecule has 0 aliphatic rings. The molecule has 0 spiro atoms. The van der Waals surface area contributed by atoms with Crippen molar-refractivity contribution >= 4 is 24.9 Å². The maximum atomic E-state index is 11.1. The lowest BCUT2D eigenvalue weighted by Crippen LogP contribution is -2.22. The van der Waals surface area contributed by atoms with Gasteiger partial charge in [0.2, 0.25) is 0 Å². The van der Waals surface area contributed by atoms with Crippen LogP contribution in [0.5, 0.6) is 0 Å². The van der Waals surface area contributed by atoms with Crippen molar-refractivity contribution in [1.29, 1.82) is 0 Å². The highest BCUT2D eigenvalue weighted by molar-refractivity contribution is 6.76. The largest absolute Gasteiger partial charge is 0.476 e. The van der Waals surface area contributed by atoms with Crippen LogP contribution in [0.2, 0.25) is 25.7 Å². The Morgan fingerprint density at radius 2 is 2.20 bits per heavy atom. The third kappa shape index (κ3) is 3.43. The predicted octanol–water partition coefficient (Wildman–Crippen LogP) is 2.44. The van der Waals surface area contributed by atoms with Crippen molar-refractivity contribution in [2.75, 3.05) is 6.61 Å². The van der Waals surface area contributed by atoms with Gasteiger partial charge in [-0.25, -0.2) is 14.5 Å². The van der Waals surface area contributed by atoms with Crippen molar-refractivity contribution in [3.63, 3.8) is 0 Å². The number of aromatic nitrogens is 3. The summed E-state index contributed by atoms with van der Waals surface area (Å²) in [7, 11) is -1.10. The van der Waals surface area contributed by atoms with Crippen molar-refractivity contribution < 1.29 is 14.6 Å². The highest BCUT2D eigenvalue weighted by Crippen LogP contribution is 2.16. The Labute approximate surface area is 118 Å². The molecule has 0 amide bonds. The molecule has 0 saturated carbocycles. The van der Waals surface area contributed by atoms with Gasteiger partial charge in [-0.3, -0.25) is 0 Å². The van der Waals surface area contributed by atoms with Crippen molar-refractivity contribution in [3.8, 4) is 0 Å². The van der Waals surface area contributed by atoms with Crippen LogP contribution in [0.25, 0.3) is 10.9 Å². The van der Waals surface area contributed by atoms with Gasteiger partial charge in [0, 0.05) is 20.9 Å². The number of hydrogen-bond donors (Lipinski definition) is 1. The lowest BCUT2D eigenvalue weighted by molar-refractivity contribution is 0.0692. The van der Waals surface area contributed by atoms with Crippen LogP contribution in [0, 0.1) is 0 Å². The Balaban J connectivity index is 2.08. The number of carbonyl (C=O) groups is 1. The van der Waals surface area contributed by atoms with E-state index in [1.54, 1.807) is 10.7 Å². The van der Waals surface area contributed by atoms with Crippen LogP contribution in [0.4, 0.5) is 0 Å². The minimum Gasteiger partial charge on any atom is -0.476 e. The first kappa shape index (κ1) is 14.7. The lowest BCUT2D eigenvalue weighted by atomic mass is 10.2. The number of ether oxygens (including phenoxy) is 1. The molecule has 0 radical (unpaired) electrons. The molecule has 7 heteroatoms. The maximum Gasteiger partial charge on any atom is 0.355 e. The van der Waals surface area contributed by atoms with E-state index in [-0.39, 0.29) is 5.69 Å². The first-order valence-corrected chi connectivity index (χ1v) is 10.2. The molecule has 2 aromatic rings. The van der Waals surface area contributed by atoms with Gasteiger partial charge in [-0.1, -0.05) is 19.6 Å². The molecule has 2 heterocycles. The molecule has 2 rings (SSSR count). The van der Waals surface area contributed by atoms with E-state index in [0.29, 0.717) is 18.7 Å². The van der Waals surface area contributed by atoms with Crippen molar-refractivity contribution in [1.82, 2.24) is 14.8 Å². The number of carboxylic acid groups (broad SMARTS) is 1. The van der Waals surface area contributed by atoms with E-state index in [0.717, 1.165) is 11.6 Å². The Hall–Kier alpha value is -1.73. The van der Waals surface area contributed by atoms with Crippen LogP contribution in [0.3, 0.4) is 0 Å². The van der Waals surface area contributed by atoms with E-state index >= 15 is 0 Å². The molecular weight excluding hydrogens is 274 g/mol. The van der Waals surface area contributed by atoms with Gasteiger partial charge in [0.25, 0.3) is 0 Å². The summed E-state index contributed by atoms with van der Waals surface area (Å²) in [4.78, 5) is 14.9. The molecule has 20 heavy (non-hydrogen) atoms. The lowest BCUT2D eigenvalue weighted by Gasteiger charge is -2.15. The molecule has 0 aliphatic heterocycles. The Morgan fingerprint density at radius 1 is 1.45 bits per heavy atom. The number of aromatic carboxylic acids is 1. The highest BCUT2D eigenvalue weighted by Gasteiger charge is 2.14. The number of rotatable bonds is 6. The van der Waals surface area contributed by atoms with Gasteiger partial charge in [0.1, 0.15) is 6.73 Å². The van der Waals surface area contributed by atoms with Crippen molar-refractivity contribution in [2.24, 2.45) is 0 Å². The van der Waals surface area contributed by atoms with Crippen molar-refractivity contribution in [2.45, 2.75) is 32.4 Å². The van der Waals surface area contributed by atoms with Crippen LogP contribution in [-0.4, -0.2) is 40.5 Å². The van der Waals surface area contributed by atoms with Crippen molar-refractivity contribution in [3.05, 3.63) is 24.2 Å². The molecule has 0 unspecified atom stereocenters. The monoisotopic (exact) mass is 293 g/mol. The van der Waals surface area contributed by atoms with E-state index in [2.05, 4.69) is 29.7 Å². The van der Waals surface area contributed by atoms with Crippen LogP contribution < -0.4 is 0 Å². The zero-order chi connectivity index (χ0) is 14.8. The van der Waals surface area contributed by atoms with Gasteiger partial charge in [0.15, 0.2) is 5.69 Å². The molecule has 2 aromatic heterocycles. The summed E-state index contributed by atoms with van der Waals surface area (Å²) in [6.45, 7) is 7.92. The van der Waals surface area contributed by atoms with E-state index in [4.69, 9.17) is 9.84 Å². The molecule has 1 N–H and O–H groups in total. The molecule has 108 valence electrons. The quantitative estimate of drug-likeness (QED) is 0.654. The fourth-order valence-electron chi connectivity index (χ4n) is 1.81. The second-order valence-corrected chi connectivity index (χ2v) is 11.5. The highest BCUT2D eigenvalue weighted by atomic mass is 28.3. The van der Waals surface area contributed by atoms with E-state index in [9.17, 15) is 4.79 Å². The van der Waals surface area contributed by atoms with E-state index < -0.39 is 14.0 Å². The third-order valence-corrected chi connectivity index (χ3v) is 4.69. The Morgan fingerprint density at radius 3 is 2.85 bits per heavy atom. The normalized spacial score (nSPS) is 11.9. The summed E-state index contributed by atoms with van der Waals surface area (Å²) in [5.41, 5.74) is 0.751. The first-order chi connectivity index (χ1) is 9.38. The molecule has 0 aliphatic carbocycles. The second kappa shape index (κ2) is 5.72. The zero-order valence-electron chi connectivity index (χ0n) is 12.0. The van der Waals surface area contributed by atoms with Gasteiger partial charge in [0.05, 0.1) is 17.1 Å². The summed E-state index contributed by atoms with van der Waals surface area (Å²) in [5.74, 6) is -1.05. The molecule has 0 saturated heterocycles. The van der Waals surface area contributed by atoms with Gasteiger partial charge < -0.3 is 9.84 Å². The maximum absolute atomic E-state index is 11.1. The van der Waals surface area contributed by atoms with E-state index in [1.165, 1.54) is 12.4 Å². The molecular formula is C13H19N3O3Si. The minimum atomic E-state index is -1.10. The standard InChI is InChI=1S/C13H19N3O3Si/c1-20(2,3)7-6-19-9-16-11-4-5-14-12(13(17)18)10(11)8-15-16/h4-5,8H,6-7,9H2,1-3H3,(H,17,18). The van der Waals surface area contributed by atoms with Gasteiger partial charge in [-0.05, 0) is 12.1 Å². The third-order valence-electron chi connectivity index (χ3n) is 2.98. The number of hydrogen-bond acceptors (Lipinski definition) is 4. The van der Waals surface area contributed by atoms with Gasteiger partial charge in [-0.15, -0.1) is 0 Å². The van der Waals surface area contributed by atoms with Crippen LogP contribution in [-0.2, 0) is 11.5 Å². The average molecular weight is 293 g/mol. The summed E-state index contributed by atoms with van der Waals surface area (Å²) in [6.07, 6.45) is 3.00. The summed E-state index contributed by atoms with van der Waals surface area (Å²) in [5, 5.41) is 13.8. The fraction of sp³-hybridized carbons (Fsp3) is 0.462. The summed E-state index contributed by atoms with van der Waals surface area (Å²) >= 11 is 0. The number of pyridine rings is 1. The number of nitrogens with zero attached hydrogens (tertiary/aromatic N) is 3. The first-order valence-electron chi connectivity index (χ1n) is 6.50. The number of carboxylic acids is 1. The van der Waals surface area contributed by atoms with E-state index in [1.807, 2.05) is 0 Å². The fourth-order valence-corrected chi connectivity index (χ4v) is 2.56. The predicted molar refractivity (Wildman–Crippen MR) is 78.6 cm³/mol. The molecule has 6 nitrogen and oxygen atoms in total. The molecule has 0 aromatic carbocycles. The van der Waals surface area contributed by atoms with Crippen LogP contribution >= 0.6 is 0 Å². The second-order valence-electron chi connectivity index (χ2n) is 5.89. The summed E-state index contributed by atoms with van der Waals surface area (Å²) in [6, 6.07) is 2.84. The average Bonchev–Trinajstić information content (AvgIpc) is 2.76. The molecule has 0 bridgehead atoms. The Bertz CT molecular complexity index is 619. The van der Waals surface area contributed by atoms with Gasteiger partial charge in [-0.2, -0.15) is 5.10 Å². The Kier molecular flexibility index (Phi) is 4.19. The zero-order valence-corrected chi connectivity index (χ0v) is 13.0. The topological polar surface area (TPSA) is 77.2 Å².